The molecule has 1 saturated carbocycles. The number of nitrogens with one attached hydrogen (secondary N) is 1. The van der Waals surface area contributed by atoms with Gasteiger partial charge in [0, 0.05) is 6.04 Å². The fourth-order valence-electron chi connectivity index (χ4n) is 2.53. The van der Waals surface area contributed by atoms with Crippen LogP contribution in [0.4, 0.5) is 0 Å². The van der Waals surface area contributed by atoms with Crippen molar-refractivity contribution in [2.75, 3.05) is 13.2 Å². The summed E-state index contributed by atoms with van der Waals surface area (Å²) in [6.45, 7) is 13.3. The molecule has 2 nitrogen and oxygen atoms in total. The van der Waals surface area contributed by atoms with Crippen molar-refractivity contribution in [1.82, 2.24) is 5.32 Å². The first-order valence-corrected chi connectivity index (χ1v) is 7.29. The average molecular weight is 241 g/mol. The Morgan fingerprint density at radius 3 is 2.29 bits per heavy atom. The first kappa shape index (κ1) is 15.0. The van der Waals surface area contributed by atoms with E-state index in [2.05, 4.69) is 39.9 Å². The van der Waals surface area contributed by atoms with Crippen LogP contribution in [0.1, 0.15) is 60.3 Å². The summed E-state index contributed by atoms with van der Waals surface area (Å²) in [5.74, 6) is 0.648. The van der Waals surface area contributed by atoms with Crippen LogP contribution in [0.25, 0.3) is 0 Å². The number of hydrogen-bond donors (Lipinski definition) is 1. The lowest BCUT2D eigenvalue weighted by Gasteiger charge is -2.35. The van der Waals surface area contributed by atoms with Gasteiger partial charge in [-0.1, -0.05) is 34.6 Å². The molecule has 0 saturated heterocycles. The van der Waals surface area contributed by atoms with Gasteiger partial charge in [0.15, 0.2) is 0 Å². The molecule has 0 aromatic rings. The van der Waals surface area contributed by atoms with E-state index in [1.165, 1.54) is 25.7 Å². The van der Waals surface area contributed by atoms with Gasteiger partial charge in [0.1, 0.15) is 0 Å². The predicted octanol–water partition coefficient (Wildman–Crippen LogP) is 3.61. The Bertz CT molecular complexity index is 203. The summed E-state index contributed by atoms with van der Waals surface area (Å²) in [5.41, 5.74) is 0.541. The van der Waals surface area contributed by atoms with E-state index < -0.39 is 0 Å². The van der Waals surface area contributed by atoms with Crippen molar-refractivity contribution in [2.24, 2.45) is 11.3 Å². The summed E-state index contributed by atoms with van der Waals surface area (Å²) < 4.78 is 6.09. The van der Waals surface area contributed by atoms with E-state index in [9.17, 15) is 0 Å². The second-order valence-electron chi connectivity index (χ2n) is 6.61. The maximum Gasteiger partial charge on any atom is 0.0625 e. The van der Waals surface area contributed by atoms with Crippen molar-refractivity contribution in [2.45, 2.75) is 72.4 Å². The van der Waals surface area contributed by atoms with Gasteiger partial charge in [-0.15, -0.1) is 0 Å². The van der Waals surface area contributed by atoms with E-state index in [0.29, 0.717) is 23.5 Å². The highest BCUT2D eigenvalue weighted by molar-refractivity contribution is 4.79. The quantitative estimate of drug-likeness (QED) is 0.767. The molecular weight excluding hydrogens is 210 g/mol. The highest BCUT2D eigenvalue weighted by Crippen LogP contribution is 2.36. The third-order valence-corrected chi connectivity index (χ3v) is 4.07. The number of hydrogen-bond acceptors (Lipinski definition) is 2. The van der Waals surface area contributed by atoms with Crippen molar-refractivity contribution in [3.63, 3.8) is 0 Å². The summed E-state index contributed by atoms with van der Waals surface area (Å²) in [5, 5.41) is 3.51. The zero-order valence-electron chi connectivity index (χ0n) is 12.4. The van der Waals surface area contributed by atoms with E-state index >= 15 is 0 Å². The molecule has 0 radical (unpaired) electrons. The SMILES string of the molecule is CCNC(COC1CCC(C)(C)CC1)C(C)C. The Labute approximate surface area is 108 Å². The molecule has 1 unspecified atom stereocenters. The molecule has 102 valence electrons. The van der Waals surface area contributed by atoms with Gasteiger partial charge in [-0.2, -0.15) is 0 Å². The van der Waals surface area contributed by atoms with Gasteiger partial charge >= 0.3 is 0 Å². The first-order valence-electron chi connectivity index (χ1n) is 7.29. The number of rotatable bonds is 6. The standard InChI is InChI=1S/C15H31NO/c1-6-16-14(12(2)3)11-17-13-7-9-15(4,5)10-8-13/h12-14,16H,6-11H2,1-5H3. The summed E-state index contributed by atoms with van der Waals surface area (Å²) in [4.78, 5) is 0. The highest BCUT2D eigenvalue weighted by Gasteiger charge is 2.27. The summed E-state index contributed by atoms with van der Waals surface area (Å²) in [7, 11) is 0. The molecule has 1 rings (SSSR count). The van der Waals surface area contributed by atoms with Crippen molar-refractivity contribution in [3.8, 4) is 0 Å². The molecule has 1 atom stereocenters. The van der Waals surface area contributed by atoms with Crippen LogP contribution in [0.3, 0.4) is 0 Å². The Balaban J connectivity index is 2.26. The second-order valence-corrected chi connectivity index (χ2v) is 6.61. The fourth-order valence-corrected chi connectivity index (χ4v) is 2.53. The van der Waals surface area contributed by atoms with Crippen LogP contribution in [-0.4, -0.2) is 25.3 Å². The van der Waals surface area contributed by atoms with E-state index in [4.69, 9.17) is 4.74 Å². The lowest BCUT2D eigenvalue weighted by atomic mass is 9.76. The van der Waals surface area contributed by atoms with Crippen LogP contribution >= 0.6 is 0 Å². The fraction of sp³-hybridized carbons (Fsp3) is 1.00. The molecule has 0 aromatic heterocycles. The van der Waals surface area contributed by atoms with Gasteiger partial charge < -0.3 is 10.1 Å². The molecule has 17 heavy (non-hydrogen) atoms. The molecule has 1 N–H and O–H groups in total. The number of ether oxygens (including phenoxy) is 1. The Morgan fingerprint density at radius 2 is 1.82 bits per heavy atom. The van der Waals surface area contributed by atoms with Crippen LogP contribution in [0.15, 0.2) is 0 Å². The molecule has 1 aliphatic rings. The second kappa shape index (κ2) is 6.75. The third-order valence-electron chi connectivity index (χ3n) is 4.07. The molecular formula is C15H31NO. The van der Waals surface area contributed by atoms with Gasteiger partial charge in [0.25, 0.3) is 0 Å². The summed E-state index contributed by atoms with van der Waals surface area (Å²) in [6.07, 6.45) is 5.60. The predicted molar refractivity (Wildman–Crippen MR) is 74.3 cm³/mol. The van der Waals surface area contributed by atoms with Crippen molar-refractivity contribution >= 4 is 0 Å². The van der Waals surface area contributed by atoms with E-state index in [1.807, 2.05) is 0 Å². The largest absolute Gasteiger partial charge is 0.377 e. The zero-order valence-corrected chi connectivity index (χ0v) is 12.4. The summed E-state index contributed by atoms with van der Waals surface area (Å²) >= 11 is 0. The molecule has 0 spiro atoms. The normalized spacial score (nSPS) is 22.9. The lowest BCUT2D eigenvalue weighted by molar-refractivity contribution is -0.0104. The molecule has 2 heteroatoms. The monoisotopic (exact) mass is 241 g/mol. The average Bonchev–Trinajstić information content (AvgIpc) is 2.25. The van der Waals surface area contributed by atoms with Gasteiger partial charge in [-0.25, -0.2) is 0 Å². The van der Waals surface area contributed by atoms with Crippen LogP contribution in [0.5, 0.6) is 0 Å². The Morgan fingerprint density at radius 1 is 1.24 bits per heavy atom. The van der Waals surface area contributed by atoms with Crippen LogP contribution in [0.2, 0.25) is 0 Å². The zero-order chi connectivity index (χ0) is 12.9. The Kier molecular flexibility index (Phi) is 5.94. The molecule has 0 amide bonds. The Hall–Kier alpha value is -0.0800. The molecule has 0 aliphatic heterocycles. The van der Waals surface area contributed by atoms with Crippen LogP contribution in [0, 0.1) is 11.3 Å². The molecule has 1 fully saturated rings. The van der Waals surface area contributed by atoms with Crippen molar-refractivity contribution in [3.05, 3.63) is 0 Å². The first-order chi connectivity index (χ1) is 7.94. The topological polar surface area (TPSA) is 21.3 Å². The van der Waals surface area contributed by atoms with E-state index in [1.54, 1.807) is 0 Å². The van der Waals surface area contributed by atoms with E-state index in [0.717, 1.165) is 13.2 Å². The number of likely N-dealkylation sites (N-methyl/N-ethyl adjacent to an activating group) is 1. The minimum Gasteiger partial charge on any atom is -0.377 e. The third kappa shape index (κ3) is 5.39. The minimum atomic E-state index is 0.503. The lowest BCUT2D eigenvalue weighted by Crippen LogP contribution is -2.39. The van der Waals surface area contributed by atoms with Gasteiger partial charge in [-0.05, 0) is 43.6 Å². The van der Waals surface area contributed by atoms with Crippen molar-refractivity contribution < 1.29 is 4.74 Å². The molecule has 0 heterocycles. The minimum absolute atomic E-state index is 0.503. The van der Waals surface area contributed by atoms with Crippen LogP contribution < -0.4 is 5.32 Å². The van der Waals surface area contributed by atoms with Crippen LogP contribution in [-0.2, 0) is 4.74 Å². The molecule has 0 bridgehead atoms. The summed E-state index contributed by atoms with van der Waals surface area (Å²) in [6, 6.07) is 0.509. The van der Waals surface area contributed by atoms with Gasteiger partial charge in [0.05, 0.1) is 12.7 Å². The molecule has 0 aromatic carbocycles. The maximum atomic E-state index is 6.09. The van der Waals surface area contributed by atoms with Crippen molar-refractivity contribution in [1.29, 1.82) is 0 Å². The highest BCUT2D eigenvalue weighted by atomic mass is 16.5. The van der Waals surface area contributed by atoms with Gasteiger partial charge in [-0.3, -0.25) is 0 Å². The van der Waals surface area contributed by atoms with E-state index in [-0.39, 0.29) is 0 Å². The maximum absolute atomic E-state index is 6.09. The van der Waals surface area contributed by atoms with Gasteiger partial charge in [0.2, 0.25) is 0 Å². The smallest absolute Gasteiger partial charge is 0.0625 e. The molecule has 1 aliphatic carbocycles.